The first-order valence-electron chi connectivity index (χ1n) is 6.82. The molecule has 1 unspecified atom stereocenters. The maximum atomic E-state index is 4.10. The summed E-state index contributed by atoms with van der Waals surface area (Å²) in [6.45, 7) is 9.68. The van der Waals surface area contributed by atoms with E-state index in [4.69, 9.17) is 0 Å². The van der Waals surface area contributed by atoms with Crippen LogP contribution in [0.15, 0.2) is 22.0 Å². The van der Waals surface area contributed by atoms with Gasteiger partial charge in [0, 0.05) is 11.8 Å². The molecule has 0 bridgehead atoms. The Hall–Kier alpha value is -0.910. The lowest BCUT2D eigenvalue weighted by Crippen LogP contribution is -2.24. The largest absolute Gasteiger partial charge is 0.309 e. The van der Waals surface area contributed by atoms with Gasteiger partial charge in [-0.2, -0.15) is 0 Å². The van der Waals surface area contributed by atoms with Gasteiger partial charge in [0.1, 0.15) is 5.51 Å². The van der Waals surface area contributed by atoms with Crippen molar-refractivity contribution in [1.82, 2.24) is 15.5 Å². The van der Waals surface area contributed by atoms with Crippen molar-refractivity contribution in [3.63, 3.8) is 0 Å². The van der Waals surface area contributed by atoms with Gasteiger partial charge >= 0.3 is 0 Å². The van der Waals surface area contributed by atoms with E-state index in [1.54, 1.807) is 28.6 Å². The number of nitrogens with zero attached hydrogens (tertiary/aromatic N) is 2. The van der Waals surface area contributed by atoms with Crippen molar-refractivity contribution in [1.29, 1.82) is 0 Å². The van der Waals surface area contributed by atoms with Gasteiger partial charge in [-0.15, -0.1) is 10.2 Å². The molecule has 20 heavy (non-hydrogen) atoms. The van der Waals surface area contributed by atoms with Crippen LogP contribution in [0.1, 0.15) is 35.2 Å². The lowest BCUT2D eigenvalue weighted by molar-refractivity contribution is 0.600. The van der Waals surface area contributed by atoms with E-state index in [2.05, 4.69) is 55.3 Å². The van der Waals surface area contributed by atoms with Crippen LogP contribution < -0.4 is 5.32 Å². The normalized spacial score (nSPS) is 12.6. The summed E-state index contributed by atoms with van der Waals surface area (Å²) in [6.07, 6.45) is 0. The molecule has 0 fully saturated rings. The van der Waals surface area contributed by atoms with Crippen LogP contribution in [0.3, 0.4) is 0 Å². The molecule has 1 N–H and O–H groups in total. The number of benzene rings is 1. The molecule has 5 heteroatoms. The molecule has 3 nitrogen and oxygen atoms in total. The number of thioether (sulfide) groups is 1. The van der Waals surface area contributed by atoms with E-state index in [1.807, 2.05) is 0 Å². The van der Waals surface area contributed by atoms with Crippen LogP contribution in [0, 0.1) is 20.8 Å². The van der Waals surface area contributed by atoms with E-state index in [9.17, 15) is 0 Å². The fraction of sp³-hybridized carbons (Fsp3) is 0.467. The highest BCUT2D eigenvalue weighted by molar-refractivity contribution is 8.01. The summed E-state index contributed by atoms with van der Waals surface area (Å²) in [6, 6.07) is 4.89. The van der Waals surface area contributed by atoms with Gasteiger partial charge in [0.25, 0.3) is 0 Å². The Morgan fingerprint density at radius 3 is 2.50 bits per heavy atom. The van der Waals surface area contributed by atoms with E-state index in [0.29, 0.717) is 6.04 Å². The predicted molar refractivity (Wildman–Crippen MR) is 87.7 cm³/mol. The maximum Gasteiger partial charge on any atom is 0.174 e. The van der Waals surface area contributed by atoms with E-state index in [-0.39, 0.29) is 0 Å². The average molecular weight is 307 g/mol. The van der Waals surface area contributed by atoms with Crippen molar-refractivity contribution in [2.24, 2.45) is 0 Å². The monoisotopic (exact) mass is 307 g/mol. The smallest absolute Gasteiger partial charge is 0.174 e. The van der Waals surface area contributed by atoms with Gasteiger partial charge in [0.2, 0.25) is 0 Å². The number of hydrogen-bond acceptors (Lipinski definition) is 5. The second-order valence-corrected chi connectivity index (χ2v) is 7.04. The minimum Gasteiger partial charge on any atom is -0.309 e. The van der Waals surface area contributed by atoms with Crippen LogP contribution in [-0.4, -0.2) is 22.5 Å². The van der Waals surface area contributed by atoms with Crippen molar-refractivity contribution >= 4 is 23.1 Å². The lowest BCUT2D eigenvalue weighted by atomic mass is 9.95. The number of aromatic nitrogens is 2. The molecule has 1 aromatic heterocycles. The van der Waals surface area contributed by atoms with Gasteiger partial charge in [0.15, 0.2) is 4.34 Å². The maximum absolute atomic E-state index is 4.10. The zero-order chi connectivity index (χ0) is 14.5. The molecule has 0 spiro atoms. The van der Waals surface area contributed by atoms with Crippen molar-refractivity contribution in [2.45, 2.75) is 38.1 Å². The molecule has 2 rings (SSSR count). The topological polar surface area (TPSA) is 37.8 Å². The van der Waals surface area contributed by atoms with Crippen molar-refractivity contribution in [3.8, 4) is 0 Å². The molecule has 1 atom stereocenters. The van der Waals surface area contributed by atoms with Gasteiger partial charge in [-0.05, 0) is 44.0 Å². The second-order valence-electron chi connectivity index (χ2n) is 4.94. The predicted octanol–water partition coefficient (Wildman–Crippen LogP) is 3.91. The molecule has 1 heterocycles. The van der Waals surface area contributed by atoms with Crippen LogP contribution in [0.25, 0.3) is 0 Å². The van der Waals surface area contributed by atoms with E-state index in [0.717, 1.165) is 16.6 Å². The Bertz CT molecular complexity index is 529. The van der Waals surface area contributed by atoms with E-state index >= 15 is 0 Å². The summed E-state index contributed by atoms with van der Waals surface area (Å²) in [7, 11) is 0. The summed E-state index contributed by atoms with van der Waals surface area (Å²) in [5, 5.41) is 11.6. The number of nitrogens with one attached hydrogen (secondary N) is 1. The molecular weight excluding hydrogens is 286 g/mol. The van der Waals surface area contributed by atoms with Gasteiger partial charge < -0.3 is 5.32 Å². The molecule has 0 saturated heterocycles. The van der Waals surface area contributed by atoms with E-state index in [1.165, 1.54) is 22.3 Å². The molecule has 1 aromatic carbocycles. The zero-order valence-corrected chi connectivity index (χ0v) is 14.1. The summed E-state index contributed by atoms with van der Waals surface area (Å²) in [4.78, 5) is 0. The molecule has 0 amide bonds. The Kier molecular flexibility index (Phi) is 5.57. The van der Waals surface area contributed by atoms with Crippen LogP contribution in [0.5, 0.6) is 0 Å². The first-order chi connectivity index (χ1) is 9.61. The number of hydrogen-bond donors (Lipinski definition) is 1. The third-order valence-electron chi connectivity index (χ3n) is 3.25. The second kappa shape index (κ2) is 7.20. The minimum atomic E-state index is 0.356. The van der Waals surface area contributed by atoms with Gasteiger partial charge in [-0.3, -0.25) is 0 Å². The molecular formula is C15H21N3S2. The Morgan fingerprint density at radius 2 is 1.95 bits per heavy atom. The fourth-order valence-corrected chi connectivity index (χ4v) is 4.19. The highest BCUT2D eigenvalue weighted by Crippen LogP contribution is 2.29. The first kappa shape index (κ1) is 15.5. The molecule has 0 radical (unpaired) electrons. The quantitative estimate of drug-likeness (QED) is 0.821. The first-order valence-corrected chi connectivity index (χ1v) is 8.68. The highest BCUT2D eigenvalue weighted by atomic mass is 32.2. The summed E-state index contributed by atoms with van der Waals surface area (Å²) in [5.41, 5.74) is 7.27. The summed E-state index contributed by atoms with van der Waals surface area (Å²) in [5.74, 6) is 0.980. The van der Waals surface area contributed by atoms with Crippen molar-refractivity contribution in [2.75, 3.05) is 12.3 Å². The van der Waals surface area contributed by atoms with Crippen LogP contribution >= 0.6 is 23.1 Å². The third kappa shape index (κ3) is 3.81. The Morgan fingerprint density at radius 1 is 1.25 bits per heavy atom. The molecule has 0 aliphatic heterocycles. The fourth-order valence-electron chi connectivity index (χ4n) is 2.61. The third-order valence-corrected chi connectivity index (χ3v) is 5.20. The highest BCUT2D eigenvalue weighted by Gasteiger charge is 2.16. The van der Waals surface area contributed by atoms with Gasteiger partial charge in [-0.1, -0.05) is 47.7 Å². The molecule has 0 aliphatic carbocycles. The number of aryl methyl sites for hydroxylation is 3. The lowest BCUT2D eigenvalue weighted by Gasteiger charge is -2.22. The summed E-state index contributed by atoms with van der Waals surface area (Å²) < 4.78 is 1.04. The zero-order valence-electron chi connectivity index (χ0n) is 12.4. The molecule has 0 aliphatic rings. The minimum absolute atomic E-state index is 0.356. The van der Waals surface area contributed by atoms with Crippen LogP contribution in [0.4, 0.5) is 0 Å². The van der Waals surface area contributed by atoms with E-state index < -0.39 is 0 Å². The Balaban J connectivity index is 2.19. The van der Waals surface area contributed by atoms with Crippen LogP contribution in [0.2, 0.25) is 0 Å². The Labute approximate surface area is 129 Å². The number of rotatable bonds is 6. The molecule has 108 valence electrons. The average Bonchev–Trinajstić information content (AvgIpc) is 2.87. The summed E-state index contributed by atoms with van der Waals surface area (Å²) >= 11 is 3.38. The van der Waals surface area contributed by atoms with Gasteiger partial charge in [-0.25, -0.2) is 0 Å². The van der Waals surface area contributed by atoms with Crippen molar-refractivity contribution < 1.29 is 0 Å². The van der Waals surface area contributed by atoms with Crippen molar-refractivity contribution in [3.05, 3.63) is 39.9 Å². The van der Waals surface area contributed by atoms with Crippen LogP contribution in [-0.2, 0) is 0 Å². The molecule has 2 aromatic rings. The van der Waals surface area contributed by atoms with Gasteiger partial charge in [0.05, 0.1) is 0 Å². The molecule has 0 saturated carbocycles. The SMILES string of the molecule is CCNC(CSc1nncs1)c1c(C)cc(C)cc1C. The standard InChI is InChI=1S/C15H21N3S2/c1-5-16-13(8-19-15-18-17-9-20-15)14-11(3)6-10(2)7-12(14)4/h6-7,9,13,16H,5,8H2,1-4H3.